The van der Waals surface area contributed by atoms with Gasteiger partial charge in [-0.3, -0.25) is 5.10 Å². The van der Waals surface area contributed by atoms with Gasteiger partial charge in [-0.15, -0.1) is 0 Å². The van der Waals surface area contributed by atoms with E-state index in [1.54, 1.807) is 13.3 Å². The van der Waals surface area contributed by atoms with Crippen molar-refractivity contribution < 1.29 is 9.53 Å². The predicted molar refractivity (Wildman–Crippen MR) is 85.8 cm³/mol. The number of ether oxygens (including phenoxy) is 1. The average molecular weight is 308 g/mol. The molecule has 22 heavy (non-hydrogen) atoms. The fraction of sp³-hybridized carbons (Fsp3) is 0.750. The second kappa shape index (κ2) is 7.13. The van der Waals surface area contributed by atoms with E-state index in [0.717, 1.165) is 25.9 Å². The van der Waals surface area contributed by atoms with Crippen LogP contribution in [-0.2, 0) is 4.74 Å². The van der Waals surface area contributed by atoms with Crippen molar-refractivity contribution in [2.24, 2.45) is 5.41 Å². The van der Waals surface area contributed by atoms with Gasteiger partial charge in [-0.2, -0.15) is 5.10 Å². The first-order valence-corrected chi connectivity index (χ1v) is 7.96. The molecule has 1 atom stereocenters. The largest absolute Gasteiger partial charge is 0.379 e. The minimum Gasteiger partial charge on any atom is -0.379 e. The summed E-state index contributed by atoms with van der Waals surface area (Å²) < 4.78 is 5.47. The Kier molecular flexibility index (Phi) is 5.45. The van der Waals surface area contributed by atoms with Gasteiger partial charge in [0.15, 0.2) is 0 Å². The van der Waals surface area contributed by atoms with Crippen molar-refractivity contribution in [2.45, 2.75) is 45.6 Å². The van der Waals surface area contributed by atoms with Crippen LogP contribution >= 0.6 is 0 Å². The molecule has 1 saturated heterocycles. The van der Waals surface area contributed by atoms with Gasteiger partial charge in [-0.05, 0) is 24.3 Å². The summed E-state index contributed by atoms with van der Waals surface area (Å²) in [5.41, 5.74) is 1.18. The van der Waals surface area contributed by atoms with Gasteiger partial charge in [0.2, 0.25) is 0 Å². The number of carbonyl (C=O) groups excluding carboxylic acids is 1. The highest BCUT2D eigenvalue weighted by Crippen LogP contribution is 2.26. The van der Waals surface area contributed by atoms with Gasteiger partial charge in [0.05, 0.1) is 6.10 Å². The molecule has 0 spiro atoms. The van der Waals surface area contributed by atoms with Gasteiger partial charge in [0, 0.05) is 44.6 Å². The quantitative estimate of drug-likeness (QED) is 0.897. The predicted octanol–water partition coefficient (Wildman–Crippen LogP) is 2.36. The number of amides is 2. The summed E-state index contributed by atoms with van der Waals surface area (Å²) in [6, 6.07) is 2.03. The lowest BCUT2D eigenvalue weighted by atomic mass is 9.89. The number of piperidine rings is 1. The fourth-order valence-corrected chi connectivity index (χ4v) is 2.92. The number of aromatic amines is 1. The fourth-order valence-electron chi connectivity index (χ4n) is 2.92. The number of hydrogen-bond acceptors (Lipinski definition) is 3. The summed E-state index contributed by atoms with van der Waals surface area (Å²) >= 11 is 0. The van der Waals surface area contributed by atoms with E-state index in [1.807, 2.05) is 11.0 Å². The second-order valence-corrected chi connectivity index (χ2v) is 7.05. The molecule has 0 bridgehead atoms. The molecule has 0 unspecified atom stereocenters. The van der Waals surface area contributed by atoms with Gasteiger partial charge in [0.25, 0.3) is 0 Å². The van der Waals surface area contributed by atoms with Crippen molar-refractivity contribution in [3.63, 3.8) is 0 Å². The molecule has 2 N–H and O–H groups in total. The lowest BCUT2D eigenvalue weighted by Gasteiger charge is -2.33. The Labute approximate surface area is 132 Å². The number of carbonyl (C=O) groups is 1. The third-order valence-electron chi connectivity index (χ3n) is 4.43. The molecule has 0 saturated carbocycles. The van der Waals surface area contributed by atoms with Crippen LogP contribution in [0.2, 0.25) is 0 Å². The lowest BCUT2D eigenvalue weighted by molar-refractivity contribution is 0.0184. The lowest BCUT2D eigenvalue weighted by Crippen LogP contribution is -2.48. The highest BCUT2D eigenvalue weighted by Gasteiger charge is 2.27. The van der Waals surface area contributed by atoms with Crippen molar-refractivity contribution in [1.82, 2.24) is 20.4 Å². The number of hydrogen-bond donors (Lipinski definition) is 2. The molecule has 0 aromatic carbocycles. The molecule has 124 valence electrons. The molecule has 2 amide bonds. The first-order chi connectivity index (χ1) is 10.4. The van der Waals surface area contributed by atoms with Gasteiger partial charge in [0.1, 0.15) is 0 Å². The molecule has 1 aliphatic heterocycles. The van der Waals surface area contributed by atoms with Crippen molar-refractivity contribution in [2.75, 3.05) is 26.7 Å². The maximum absolute atomic E-state index is 12.3. The molecule has 1 aliphatic rings. The summed E-state index contributed by atoms with van der Waals surface area (Å²) in [6.45, 7) is 8.44. The van der Waals surface area contributed by atoms with Crippen molar-refractivity contribution in [3.05, 3.63) is 18.0 Å². The first kappa shape index (κ1) is 16.8. The minimum absolute atomic E-state index is 0.00867. The van der Waals surface area contributed by atoms with E-state index in [-0.39, 0.29) is 17.6 Å². The SMILES string of the molecule is CO[C@@H](CNC(=O)N1CCC(c2ccn[nH]2)CC1)C(C)(C)C. The zero-order valence-electron chi connectivity index (χ0n) is 14.1. The van der Waals surface area contributed by atoms with Crippen molar-refractivity contribution in [3.8, 4) is 0 Å². The number of aromatic nitrogens is 2. The van der Waals surface area contributed by atoms with E-state index in [4.69, 9.17) is 4.74 Å². The smallest absolute Gasteiger partial charge is 0.317 e. The number of H-pyrrole nitrogens is 1. The topological polar surface area (TPSA) is 70.2 Å². The Morgan fingerprint density at radius 3 is 2.68 bits per heavy atom. The molecule has 6 nitrogen and oxygen atoms in total. The average Bonchev–Trinajstić information content (AvgIpc) is 3.00. The zero-order chi connectivity index (χ0) is 16.2. The standard InChI is InChI=1S/C16H28N4O2/c1-16(2,3)14(22-4)11-17-15(21)20-9-6-12(7-10-20)13-5-8-18-19-13/h5,8,12,14H,6-7,9-11H2,1-4H3,(H,17,21)(H,18,19)/t14-/m0/s1. The highest BCUT2D eigenvalue weighted by molar-refractivity contribution is 5.74. The molecular weight excluding hydrogens is 280 g/mol. The van der Waals surface area contributed by atoms with Crippen LogP contribution < -0.4 is 5.32 Å². The number of nitrogens with zero attached hydrogens (tertiary/aromatic N) is 2. The van der Waals surface area contributed by atoms with Crippen LogP contribution in [0, 0.1) is 5.41 Å². The van der Waals surface area contributed by atoms with Crippen molar-refractivity contribution >= 4 is 6.03 Å². The number of likely N-dealkylation sites (tertiary alicyclic amines) is 1. The Hall–Kier alpha value is -1.56. The third kappa shape index (κ3) is 4.22. The summed E-state index contributed by atoms with van der Waals surface area (Å²) in [4.78, 5) is 14.2. The van der Waals surface area contributed by atoms with Gasteiger partial charge in [-0.1, -0.05) is 20.8 Å². The van der Waals surface area contributed by atoms with E-state index in [0.29, 0.717) is 12.5 Å². The van der Waals surface area contributed by atoms with Crippen LogP contribution in [-0.4, -0.2) is 54.0 Å². The first-order valence-electron chi connectivity index (χ1n) is 7.96. The van der Waals surface area contributed by atoms with Gasteiger partial charge < -0.3 is 15.0 Å². The minimum atomic E-state index is 0.00867. The summed E-state index contributed by atoms with van der Waals surface area (Å²) in [6.07, 6.45) is 3.75. The number of urea groups is 1. The Morgan fingerprint density at radius 2 is 2.18 bits per heavy atom. The highest BCUT2D eigenvalue weighted by atomic mass is 16.5. The summed E-state index contributed by atoms with van der Waals surface area (Å²) in [5, 5.41) is 10.0. The van der Waals surface area contributed by atoms with Gasteiger partial charge in [-0.25, -0.2) is 4.79 Å². The van der Waals surface area contributed by atoms with Crippen LogP contribution in [0.15, 0.2) is 12.3 Å². The summed E-state index contributed by atoms with van der Waals surface area (Å²) in [5.74, 6) is 0.479. The van der Waals surface area contributed by atoms with Crippen LogP contribution in [0.5, 0.6) is 0 Å². The monoisotopic (exact) mass is 308 g/mol. The normalized spacial score (nSPS) is 18.3. The maximum atomic E-state index is 12.3. The molecular formula is C16H28N4O2. The molecule has 2 heterocycles. The zero-order valence-corrected chi connectivity index (χ0v) is 14.1. The maximum Gasteiger partial charge on any atom is 0.317 e. The third-order valence-corrected chi connectivity index (χ3v) is 4.43. The molecule has 6 heteroatoms. The number of nitrogens with one attached hydrogen (secondary N) is 2. The van der Waals surface area contributed by atoms with Crippen LogP contribution in [0.25, 0.3) is 0 Å². The second-order valence-electron chi connectivity index (χ2n) is 7.05. The Bertz CT molecular complexity index is 459. The van der Waals surface area contributed by atoms with Crippen LogP contribution in [0.4, 0.5) is 4.79 Å². The van der Waals surface area contributed by atoms with E-state index in [9.17, 15) is 4.79 Å². The number of methoxy groups -OCH3 is 1. The Morgan fingerprint density at radius 1 is 1.50 bits per heavy atom. The van der Waals surface area contributed by atoms with E-state index < -0.39 is 0 Å². The van der Waals surface area contributed by atoms with E-state index in [2.05, 4.69) is 36.3 Å². The van der Waals surface area contributed by atoms with E-state index in [1.165, 1.54) is 5.69 Å². The molecule has 2 rings (SSSR count). The van der Waals surface area contributed by atoms with Crippen molar-refractivity contribution in [1.29, 1.82) is 0 Å². The van der Waals surface area contributed by atoms with Crippen LogP contribution in [0.1, 0.15) is 45.2 Å². The van der Waals surface area contributed by atoms with Crippen LogP contribution in [0.3, 0.4) is 0 Å². The molecule has 0 radical (unpaired) electrons. The molecule has 1 aromatic heterocycles. The Balaban J connectivity index is 1.78. The molecule has 1 fully saturated rings. The summed E-state index contributed by atoms with van der Waals surface area (Å²) in [7, 11) is 1.69. The van der Waals surface area contributed by atoms with Gasteiger partial charge >= 0.3 is 6.03 Å². The molecule has 0 aliphatic carbocycles. The molecule has 1 aromatic rings. The number of rotatable bonds is 4. The van der Waals surface area contributed by atoms with E-state index >= 15 is 0 Å².